The number of hydrogen-bond acceptors (Lipinski definition) is 2. The molecule has 0 radical (unpaired) electrons. The quantitative estimate of drug-likeness (QED) is 0.568. The maximum absolute atomic E-state index is 5.46. The van der Waals surface area contributed by atoms with E-state index in [4.69, 9.17) is 4.74 Å². The standard InChI is InChI=1S/C18H31NO/c1-4-5-6-7-8-9-10-14-17(19-2)16-13-11-12-15-18(16)20-3/h11-13,15,17,19H,4-10,14H2,1-3H3. The number of para-hydroxylation sites is 1. The van der Waals surface area contributed by atoms with Gasteiger partial charge < -0.3 is 10.1 Å². The van der Waals surface area contributed by atoms with E-state index < -0.39 is 0 Å². The fourth-order valence-corrected chi connectivity index (χ4v) is 2.72. The molecular formula is C18H31NO. The third-order valence-corrected chi connectivity index (χ3v) is 3.96. The number of benzene rings is 1. The Morgan fingerprint density at radius 2 is 1.65 bits per heavy atom. The Hall–Kier alpha value is -1.02. The number of unbranched alkanes of at least 4 members (excludes halogenated alkanes) is 6. The third kappa shape index (κ3) is 5.96. The van der Waals surface area contributed by atoms with Gasteiger partial charge >= 0.3 is 0 Å². The molecule has 2 heteroatoms. The van der Waals surface area contributed by atoms with Crippen LogP contribution < -0.4 is 10.1 Å². The lowest BCUT2D eigenvalue weighted by atomic mass is 9.99. The van der Waals surface area contributed by atoms with E-state index in [9.17, 15) is 0 Å². The maximum Gasteiger partial charge on any atom is 0.123 e. The van der Waals surface area contributed by atoms with E-state index in [0.717, 1.165) is 5.75 Å². The van der Waals surface area contributed by atoms with Gasteiger partial charge in [-0.3, -0.25) is 0 Å². The highest BCUT2D eigenvalue weighted by Gasteiger charge is 2.13. The lowest BCUT2D eigenvalue weighted by Crippen LogP contribution is -2.17. The predicted octanol–water partition coefficient (Wildman–Crippen LogP) is 5.10. The zero-order valence-corrected chi connectivity index (χ0v) is 13.5. The van der Waals surface area contributed by atoms with Crippen LogP contribution >= 0.6 is 0 Å². The van der Waals surface area contributed by atoms with Gasteiger partial charge in [-0.1, -0.05) is 70.1 Å². The van der Waals surface area contributed by atoms with Crippen LogP contribution in [0.25, 0.3) is 0 Å². The first-order chi connectivity index (χ1) is 9.83. The Labute approximate surface area is 124 Å². The predicted molar refractivity (Wildman–Crippen MR) is 87.4 cm³/mol. The highest BCUT2D eigenvalue weighted by Crippen LogP contribution is 2.28. The Kier molecular flexibility index (Phi) is 9.14. The van der Waals surface area contributed by atoms with Crippen molar-refractivity contribution in [3.63, 3.8) is 0 Å². The van der Waals surface area contributed by atoms with Crippen LogP contribution in [0.2, 0.25) is 0 Å². The molecule has 0 saturated carbocycles. The number of ether oxygens (including phenoxy) is 1. The minimum Gasteiger partial charge on any atom is -0.496 e. The molecule has 0 aliphatic carbocycles. The van der Waals surface area contributed by atoms with E-state index in [2.05, 4.69) is 24.4 Å². The van der Waals surface area contributed by atoms with Gasteiger partial charge in [-0.15, -0.1) is 0 Å². The van der Waals surface area contributed by atoms with Crippen LogP contribution in [0.15, 0.2) is 24.3 Å². The van der Waals surface area contributed by atoms with Crippen LogP contribution in [0.4, 0.5) is 0 Å². The SMILES string of the molecule is CCCCCCCCCC(NC)c1ccccc1OC. The molecule has 1 unspecified atom stereocenters. The highest BCUT2D eigenvalue weighted by molar-refractivity contribution is 5.35. The lowest BCUT2D eigenvalue weighted by Gasteiger charge is -2.19. The van der Waals surface area contributed by atoms with Crippen LogP contribution in [-0.2, 0) is 0 Å². The van der Waals surface area contributed by atoms with Gasteiger partial charge in [-0.05, 0) is 19.5 Å². The second kappa shape index (κ2) is 10.7. The van der Waals surface area contributed by atoms with Gasteiger partial charge in [0.2, 0.25) is 0 Å². The summed E-state index contributed by atoms with van der Waals surface area (Å²) in [6.45, 7) is 2.27. The van der Waals surface area contributed by atoms with E-state index in [0.29, 0.717) is 6.04 Å². The third-order valence-electron chi connectivity index (χ3n) is 3.96. The van der Waals surface area contributed by atoms with Crippen molar-refractivity contribution in [2.75, 3.05) is 14.2 Å². The number of nitrogens with one attached hydrogen (secondary N) is 1. The largest absolute Gasteiger partial charge is 0.496 e. The summed E-state index contributed by atoms with van der Waals surface area (Å²) in [7, 11) is 3.79. The van der Waals surface area contributed by atoms with Crippen molar-refractivity contribution in [3.8, 4) is 5.75 Å². The minimum absolute atomic E-state index is 0.404. The van der Waals surface area contributed by atoms with Crippen molar-refractivity contribution >= 4 is 0 Å². The summed E-state index contributed by atoms with van der Waals surface area (Å²) in [5.74, 6) is 0.995. The highest BCUT2D eigenvalue weighted by atomic mass is 16.5. The van der Waals surface area contributed by atoms with E-state index in [1.54, 1.807) is 7.11 Å². The Morgan fingerprint density at radius 1 is 1.00 bits per heavy atom. The Morgan fingerprint density at radius 3 is 2.30 bits per heavy atom. The molecule has 0 bridgehead atoms. The molecule has 0 spiro atoms. The zero-order valence-electron chi connectivity index (χ0n) is 13.5. The molecule has 1 rings (SSSR count). The second-order valence-corrected chi connectivity index (χ2v) is 5.49. The molecular weight excluding hydrogens is 246 g/mol. The van der Waals surface area contributed by atoms with E-state index in [-0.39, 0.29) is 0 Å². The molecule has 1 aromatic rings. The van der Waals surface area contributed by atoms with Gasteiger partial charge in [0.1, 0.15) is 5.75 Å². The van der Waals surface area contributed by atoms with Crippen LogP contribution in [-0.4, -0.2) is 14.2 Å². The van der Waals surface area contributed by atoms with Crippen LogP contribution in [0.5, 0.6) is 5.75 Å². The second-order valence-electron chi connectivity index (χ2n) is 5.49. The molecule has 1 aromatic carbocycles. The van der Waals surface area contributed by atoms with Crippen LogP contribution in [0, 0.1) is 0 Å². The van der Waals surface area contributed by atoms with E-state index in [1.807, 2.05) is 19.2 Å². The molecule has 114 valence electrons. The lowest BCUT2D eigenvalue weighted by molar-refractivity contribution is 0.396. The smallest absolute Gasteiger partial charge is 0.123 e. The summed E-state index contributed by atoms with van der Waals surface area (Å²) >= 11 is 0. The summed E-state index contributed by atoms with van der Waals surface area (Å²) in [4.78, 5) is 0. The molecule has 1 atom stereocenters. The topological polar surface area (TPSA) is 21.3 Å². The van der Waals surface area contributed by atoms with Gasteiger partial charge in [-0.2, -0.15) is 0 Å². The molecule has 1 N–H and O–H groups in total. The minimum atomic E-state index is 0.404. The number of methoxy groups -OCH3 is 1. The normalized spacial score (nSPS) is 12.3. The van der Waals surface area contributed by atoms with Crippen molar-refractivity contribution in [2.24, 2.45) is 0 Å². The zero-order chi connectivity index (χ0) is 14.6. The summed E-state index contributed by atoms with van der Waals surface area (Å²) in [5, 5.41) is 3.42. The van der Waals surface area contributed by atoms with Crippen LogP contribution in [0.3, 0.4) is 0 Å². The van der Waals surface area contributed by atoms with Gasteiger partial charge in [-0.25, -0.2) is 0 Å². The molecule has 0 aliphatic heterocycles. The summed E-state index contributed by atoms with van der Waals surface area (Å²) in [5.41, 5.74) is 1.28. The van der Waals surface area contributed by atoms with E-state index in [1.165, 1.54) is 56.9 Å². The first kappa shape index (κ1) is 17.0. The van der Waals surface area contributed by atoms with Gasteiger partial charge in [0.25, 0.3) is 0 Å². The fourth-order valence-electron chi connectivity index (χ4n) is 2.72. The molecule has 0 heterocycles. The number of rotatable bonds is 11. The Bertz CT molecular complexity index is 351. The van der Waals surface area contributed by atoms with Crippen molar-refractivity contribution in [1.29, 1.82) is 0 Å². The van der Waals surface area contributed by atoms with Crippen molar-refractivity contribution in [1.82, 2.24) is 5.32 Å². The molecule has 0 saturated heterocycles. The van der Waals surface area contributed by atoms with Crippen molar-refractivity contribution in [2.45, 2.75) is 64.3 Å². The summed E-state index contributed by atoms with van der Waals surface area (Å²) < 4.78 is 5.46. The van der Waals surface area contributed by atoms with Crippen LogP contribution in [0.1, 0.15) is 69.9 Å². The average molecular weight is 277 g/mol. The monoisotopic (exact) mass is 277 g/mol. The van der Waals surface area contributed by atoms with Gasteiger partial charge in [0.05, 0.1) is 7.11 Å². The first-order valence-corrected chi connectivity index (χ1v) is 8.13. The summed E-state index contributed by atoms with van der Waals surface area (Å²) in [6, 6.07) is 8.74. The Balaban J connectivity index is 2.32. The summed E-state index contributed by atoms with van der Waals surface area (Å²) in [6.07, 6.45) is 10.7. The molecule has 0 amide bonds. The molecule has 20 heavy (non-hydrogen) atoms. The molecule has 0 aromatic heterocycles. The maximum atomic E-state index is 5.46. The molecule has 0 fully saturated rings. The van der Waals surface area contributed by atoms with Crippen molar-refractivity contribution in [3.05, 3.63) is 29.8 Å². The number of hydrogen-bond donors (Lipinski definition) is 1. The molecule has 0 aliphatic rings. The average Bonchev–Trinajstić information content (AvgIpc) is 2.50. The first-order valence-electron chi connectivity index (χ1n) is 8.13. The van der Waals surface area contributed by atoms with E-state index >= 15 is 0 Å². The molecule has 2 nitrogen and oxygen atoms in total. The van der Waals surface area contributed by atoms with Crippen molar-refractivity contribution < 1.29 is 4.74 Å². The van der Waals surface area contributed by atoms with Gasteiger partial charge in [0, 0.05) is 11.6 Å². The van der Waals surface area contributed by atoms with Gasteiger partial charge in [0.15, 0.2) is 0 Å². The fraction of sp³-hybridized carbons (Fsp3) is 0.667.